The number of aryl methyl sites for hydroxylation is 2. The van der Waals surface area contributed by atoms with Gasteiger partial charge >= 0.3 is 0 Å². The number of nitrogens with one attached hydrogen (secondary N) is 1. The van der Waals surface area contributed by atoms with Crippen LogP contribution in [-0.4, -0.2) is 12.6 Å². The van der Waals surface area contributed by atoms with Crippen LogP contribution in [0.1, 0.15) is 21.5 Å². The molecule has 0 aliphatic carbocycles. The molecule has 0 bridgehead atoms. The summed E-state index contributed by atoms with van der Waals surface area (Å²) in [4.78, 5) is 12.2. The van der Waals surface area contributed by atoms with E-state index in [9.17, 15) is 4.79 Å². The summed E-state index contributed by atoms with van der Waals surface area (Å²) in [6.45, 7) is 4.29. The number of rotatable bonds is 4. The number of hydrogen-bond acceptors (Lipinski definition) is 4. The normalized spacial score (nSPS) is 12.6. The van der Waals surface area contributed by atoms with Crippen molar-refractivity contribution in [2.75, 3.05) is 12.1 Å². The number of carbonyl (C=O) groups excluding carboxylic acids is 1. The molecule has 22 heavy (non-hydrogen) atoms. The smallest absolute Gasteiger partial charge is 0.231 e. The number of allylic oxidation sites excluding steroid dienone is 1. The lowest BCUT2D eigenvalue weighted by Crippen LogP contribution is -1.97. The zero-order valence-corrected chi connectivity index (χ0v) is 12.6. The maximum Gasteiger partial charge on any atom is 0.231 e. The van der Waals surface area contributed by atoms with E-state index in [1.165, 1.54) is 11.6 Å². The molecule has 2 aromatic rings. The quantitative estimate of drug-likeness (QED) is 0.687. The van der Waals surface area contributed by atoms with Crippen molar-refractivity contribution in [3.8, 4) is 11.5 Å². The zero-order chi connectivity index (χ0) is 15.5. The molecule has 0 saturated carbocycles. The largest absolute Gasteiger partial charge is 0.454 e. The van der Waals surface area contributed by atoms with Gasteiger partial charge in [0, 0.05) is 23.5 Å². The van der Waals surface area contributed by atoms with Crippen LogP contribution in [0.25, 0.3) is 0 Å². The minimum atomic E-state index is -0.0874. The van der Waals surface area contributed by atoms with Gasteiger partial charge in [0.1, 0.15) is 0 Å². The topological polar surface area (TPSA) is 47.6 Å². The fraction of sp³-hybridized carbons (Fsp3) is 0.167. The van der Waals surface area contributed by atoms with Gasteiger partial charge in [-0.15, -0.1) is 0 Å². The number of hydrogen-bond donors (Lipinski definition) is 1. The molecule has 0 aromatic heterocycles. The molecule has 4 heteroatoms. The predicted octanol–water partition coefficient (Wildman–Crippen LogP) is 3.84. The zero-order valence-electron chi connectivity index (χ0n) is 12.6. The Morgan fingerprint density at radius 1 is 1.09 bits per heavy atom. The summed E-state index contributed by atoms with van der Waals surface area (Å²) < 4.78 is 10.5. The standard InChI is InChI=1S/C18H17NO3/c1-12-3-5-15(13(2)9-12)19-8-7-16(20)14-4-6-17-18(10-14)22-11-21-17/h3-10,19H,11H2,1-2H3. The summed E-state index contributed by atoms with van der Waals surface area (Å²) in [7, 11) is 0. The Balaban J connectivity index is 1.68. The highest BCUT2D eigenvalue weighted by Crippen LogP contribution is 2.32. The van der Waals surface area contributed by atoms with E-state index in [0.29, 0.717) is 17.1 Å². The number of anilines is 1. The molecule has 0 amide bonds. The molecule has 0 atom stereocenters. The third-order valence-corrected chi connectivity index (χ3v) is 3.51. The summed E-state index contributed by atoms with van der Waals surface area (Å²) in [5.74, 6) is 1.20. The second kappa shape index (κ2) is 5.93. The maximum atomic E-state index is 12.2. The molecule has 4 nitrogen and oxygen atoms in total. The van der Waals surface area contributed by atoms with E-state index in [1.54, 1.807) is 24.4 Å². The first-order chi connectivity index (χ1) is 10.6. The van der Waals surface area contributed by atoms with Crippen molar-refractivity contribution in [1.82, 2.24) is 0 Å². The van der Waals surface area contributed by atoms with E-state index < -0.39 is 0 Å². The SMILES string of the molecule is Cc1ccc(NC=CC(=O)c2ccc3c(c2)OCO3)c(C)c1. The molecule has 1 aliphatic rings. The Bertz CT molecular complexity index is 750. The number of fused-ring (bicyclic) bond motifs is 1. The summed E-state index contributed by atoms with van der Waals surface area (Å²) in [6.07, 6.45) is 3.17. The fourth-order valence-electron chi connectivity index (χ4n) is 2.33. The Hall–Kier alpha value is -2.75. The summed E-state index contributed by atoms with van der Waals surface area (Å²) in [5.41, 5.74) is 3.91. The highest BCUT2D eigenvalue weighted by Gasteiger charge is 2.14. The lowest BCUT2D eigenvalue weighted by molar-refractivity contribution is 0.104. The Labute approximate surface area is 129 Å². The number of carbonyl (C=O) groups is 1. The molecule has 3 rings (SSSR count). The number of ketones is 1. The average molecular weight is 295 g/mol. The van der Waals surface area contributed by atoms with E-state index in [1.807, 2.05) is 19.1 Å². The molecular weight excluding hydrogens is 278 g/mol. The van der Waals surface area contributed by atoms with Gasteiger partial charge in [-0.2, -0.15) is 0 Å². The van der Waals surface area contributed by atoms with Crippen LogP contribution in [0.5, 0.6) is 11.5 Å². The molecule has 1 heterocycles. The van der Waals surface area contributed by atoms with Crippen molar-refractivity contribution in [3.63, 3.8) is 0 Å². The van der Waals surface area contributed by atoms with Gasteiger partial charge in [0.15, 0.2) is 17.3 Å². The van der Waals surface area contributed by atoms with E-state index in [4.69, 9.17) is 9.47 Å². The van der Waals surface area contributed by atoms with Gasteiger partial charge in [0.25, 0.3) is 0 Å². The maximum absolute atomic E-state index is 12.2. The van der Waals surface area contributed by atoms with Gasteiger partial charge in [0.05, 0.1) is 0 Å². The minimum absolute atomic E-state index is 0.0874. The molecule has 0 unspecified atom stereocenters. The van der Waals surface area contributed by atoms with E-state index in [-0.39, 0.29) is 12.6 Å². The van der Waals surface area contributed by atoms with Gasteiger partial charge in [0.2, 0.25) is 6.79 Å². The molecular formula is C18H17NO3. The van der Waals surface area contributed by atoms with Crippen LogP contribution >= 0.6 is 0 Å². The molecule has 0 fully saturated rings. The number of benzene rings is 2. The summed E-state index contributed by atoms with van der Waals surface area (Å²) in [6, 6.07) is 11.3. The molecule has 0 saturated heterocycles. The second-order valence-electron chi connectivity index (χ2n) is 5.23. The van der Waals surface area contributed by atoms with Crippen molar-refractivity contribution in [2.24, 2.45) is 0 Å². The summed E-state index contributed by atoms with van der Waals surface area (Å²) >= 11 is 0. The molecule has 1 N–H and O–H groups in total. The van der Waals surface area contributed by atoms with Crippen molar-refractivity contribution < 1.29 is 14.3 Å². The van der Waals surface area contributed by atoms with Crippen molar-refractivity contribution in [1.29, 1.82) is 0 Å². The second-order valence-corrected chi connectivity index (χ2v) is 5.23. The van der Waals surface area contributed by atoms with Gasteiger partial charge in [-0.05, 0) is 43.7 Å². The lowest BCUT2D eigenvalue weighted by Gasteiger charge is -2.06. The highest BCUT2D eigenvalue weighted by molar-refractivity contribution is 6.05. The van der Waals surface area contributed by atoms with Crippen LogP contribution in [0.4, 0.5) is 5.69 Å². The van der Waals surface area contributed by atoms with E-state index in [0.717, 1.165) is 11.3 Å². The monoisotopic (exact) mass is 295 g/mol. The van der Waals surface area contributed by atoms with Crippen molar-refractivity contribution in [3.05, 3.63) is 65.4 Å². The lowest BCUT2D eigenvalue weighted by atomic mass is 10.1. The number of ether oxygens (including phenoxy) is 2. The van der Waals surface area contributed by atoms with Gasteiger partial charge < -0.3 is 14.8 Å². The molecule has 2 aromatic carbocycles. The average Bonchev–Trinajstić information content (AvgIpc) is 2.96. The van der Waals surface area contributed by atoms with Crippen LogP contribution in [-0.2, 0) is 0 Å². The highest BCUT2D eigenvalue weighted by atomic mass is 16.7. The van der Waals surface area contributed by atoms with E-state index >= 15 is 0 Å². The first-order valence-electron chi connectivity index (χ1n) is 7.08. The Morgan fingerprint density at radius 3 is 2.73 bits per heavy atom. The third-order valence-electron chi connectivity index (χ3n) is 3.51. The van der Waals surface area contributed by atoms with Crippen LogP contribution in [0, 0.1) is 13.8 Å². The van der Waals surface area contributed by atoms with Crippen LogP contribution in [0.2, 0.25) is 0 Å². The van der Waals surface area contributed by atoms with Gasteiger partial charge in [-0.1, -0.05) is 17.7 Å². The molecule has 0 radical (unpaired) electrons. The van der Waals surface area contributed by atoms with Gasteiger partial charge in [-0.25, -0.2) is 0 Å². The van der Waals surface area contributed by atoms with Crippen molar-refractivity contribution >= 4 is 11.5 Å². The van der Waals surface area contributed by atoms with Crippen LogP contribution in [0.15, 0.2) is 48.7 Å². The Kier molecular flexibility index (Phi) is 3.83. The first kappa shape index (κ1) is 14.2. The van der Waals surface area contributed by atoms with Crippen LogP contribution < -0.4 is 14.8 Å². The van der Waals surface area contributed by atoms with Gasteiger partial charge in [-0.3, -0.25) is 4.79 Å². The fourth-order valence-corrected chi connectivity index (χ4v) is 2.33. The molecule has 1 aliphatic heterocycles. The Morgan fingerprint density at radius 2 is 1.91 bits per heavy atom. The summed E-state index contributed by atoms with van der Waals surface area (Å²) in [5, 5.41) is 3.14. The third kappa shape index (κ3) is 2.96. The van der Waals surface area contributed by atoms with Crippen molar-refractivity contribution in [2.45, 2.75) is 13.8 Å². The van der Waals surface area contributed by atoms with E-state index in [2.05, 4.69) is 18.3 Å². The first-order valence-corrected chi connectivity index (χ1v) is 7.08. The van der Waals surface area contributed by atoms with Crippen LogP contribution in [0.3, 0.4) is 0 Å². The molecule has 0 spiro atoms. The molecule has 112 valence electrons. The predicted molar refractivity (Wildman–Crippen MR) is 85.6 cm³/mol. The minimum Gasteiger partial charge on any atom is -0.454 e.